The van der Waals surface area contributed by atoms with E-state index in [0.29, 0.717) is 6.54 Å². The number of carbonyl (C=O) groups is 1. The highest BCUT2D eigenvalue weighted by atomic mass is 19.4. The molecule has 1 atom stereocenters. The summed E-state index contributed by atoms with van der Waals surface area (Å²) in [4.78, 5) is 15.5. The summed E-state index contributed by atoms with van der Waals surface area (Å²) >= 11 is 0. The molecule has 2 N–H and O–H groups in total. The number of urea groups is 1. The number of aromatic nitrogens is 3. The van der Waals surface area contributed by atoms with Gasteiger partial charge in [0.1, 0.15) is 12.1 Å². The maximum Gasteiger partial charge on any atom is 0.416 e. The molecule has 7 nitrogen and oxygen atoms in total. The monoisotopic (exact) mass is 317 g/mol. The first-order valence-corrected chi connectivity index (χ1v) is 6.47. The Morgan fingerprint density at radius 1 is 1.50 bits per heavy atom. The molecule has 2 rings (SSSR count). The van der Waals surface area contributed by atoms with E-state index in [1.54, 1.807) is 5.32 Å². The van der Waals surface area contributed by atoms with Crippen molar-refractivity contribution in [1.29, 1.82) is 0 Å². The number of anilines is 1. The molecule has 0 aliphatic rings. The van der Waals surface area contributed by atoms with Gasteiger partial charge in [-0.2, -0.15) is 13.2 Å². The fourth-order valence-corrected chi connectivity index (χ4v) is 1.73. The molecule has 0 aliphatic carbocycles. The van der Waals surface area contributed by atoms with Crippen molar-refractivity contribution in [1.82, 2.24) is 20.1 Å². The van der Waals surface area contributed by atoms with E-state index in [1.807, 2.05) is 6.92 Å². The molecule has 0 bridgehead atoms. The van der Waals surface area contributed by atoms with Gasteiger partial charge in [-0.25, -0.2) is 9.78 Å². The highest BCUT2D eigenvalue weighted by Gasteiger charge is 2.43. The number of nitrogens with zero attached hydrogens (tertiary/aromatic N) is 3. The van der Waals surface area contributed by atoms with Crippen molar-refractivity contribution >= 4 is 12.0 Å². The summed E-state index contributed by atoms with van der Waals surface area (Å²) < 4.78 is 45.0. The predicted octanol–water partition coefficient (Wildman–Crippen LogP) is 2.71. The molecule has 22 heavy (non-hydrogen) atoms. The molecule has 0 saturated carbocycles. The number of rotatable bonds is 5. The smallest absolute Gasteiger partial charge is 0.416 e. The summed E-state index contributed by atoms with van der Waals surface area (Å²) in [6, 6.07) is -0.887. The molecule has 1 unspecified atom stereocenters. The third-order valence-corrected chi connectivity index (χ3v) is 2.64. The quantitative estimate of drug-likeness (QED) is 0.888. The molecule has 0 aromatic carbocycles. The first kappa shape index (κ1) is 15.9. The largest absolute Gasteiger partial charge is 0.467 e. The van der Waals surface area contributed by atoms with Crippen molar-refractivity contribution in [2.75, 3.05) is 5.32 Å². The Kier molecular flexibility index (Phi) is 4.68. The van der Waals surface area contributed by atoms with Crippen LogP contribution in [0.3, 0.4) is 0 Å². The van der Waals surface area contributed by atoms with E-state index in [4.69, 9.17) is 4.42 Å². The average Bonchev–Trinajstić information content (AvgIpc) is 3.07. The van der Waals surface area contributed by atoms with Crippen LogP contribution in [0.15, 0.2) is 29.1 Å². The Labute approximate surface area is 123 Å². The second-order valence-electron chi connectivity index (χ2n) is 4.42. The lowest BCUT2D eigenvalue weighted by atomic mass is 10.2. The molecule has 0 aliphatic heterocycles. The SMILES string of the molecule is CCCn1cnc(NC(=O)NC(c2ccco2)C(F)(F)F)n1. The van der Waals surface area contributed by atoms with Gasteiger partial charge in [0, 0.05) is 6.54 Å². The summed E-state index contributed by atoms with van der Waals surface area (Å²) in [5.41, 5.74) is 0. The molecule has 2 aromatic rings. The van der Waals surface area contributed by atoms with Crippen molar-refractivity contribution < 1.29 is 22.4 Å². The van der Waals surface area contributed by atoms with E-state index in [9.17, 15) is 18.0 Å². The fraction of sp³-hybridized carbons (Fsp3) is 0.417. The second kappa shape index (κ2) is 6.50. The molecule has 0 radical (unpaired) electrons. The number of nitrogens with one attached hydrogen (secondary N) is 2. The maximum absolute atomic E-state index is 12.9. The third kappa shape index (κ3) is 3.99. The maximum atomic E-state index is 12.9. The first-order chi connectivity index (χ1) is 10.4. The number of aryl methyl sites for hydroxylation is 1. The van der Waals surface area contributed by atoms with Crippen molar-refractivity contribution in [3.05, 3.63) is 30.5 Å². The van der Waals surface area contributed by atoms with Crippen LogP contribution in [0, 0.1) is 0 Å². The molecular weight excluding hydrogens is 303 g/mol. The molecule has 2 heterocycles. The molecular formula is C12H14F3N5O2. The van der Waals surface area contributed by atoms with E-state index in [0.717, 1.165) is 18.8 Å². The van der Waals surface area contributed by atoms with Gasteiger partial charge in [-0.05, 0) is 18.6 Å². The van der Waals surface area contributed by atoms with Crippen molar-refractivity contribution in [3.8, 4) is 0 Å². The minimum atomic E-state index is -4.69. The molecule has 0 fully saturated rings. The van der Waals surface area contributed by atoms with Crippen LogP contribution in [-0.4, -0.2) is 27.0 Å². The van der Waals surface area contributed by atoms with E-state index in [2.05, 4.69) is 15.4 Å². The van der Waals surface area contributed by atoms with Gasteiger partial charge in [-0.15, -0.1) is 5.10 Å². The Morgan fingerprint density at radius 2 is 2.27 bits per heavy atom. The number of hydrogen-bond donors (Lipinski definition) is 2. The van der Waals surface area contributed by atoms with Crippen LogP contribution < -0.4 is 10.6 Å². The number of halogens is 3. The molecule has 0 saturated heterocycles. The highest BCUT2D eigenvalue weighted by molar-refractivity contribution is 5.87. The third-order valence-electron chi connectivity index (χ3n) is 2.64. The lowest BCUT2D eigenvalue weighted by Crippen LogP contribution is -2.40. The van der Waals surface area contributed by atoms with Gasteiger partial charge < -0.3 is 9.73 Å². The Hall–Kier alpha value is -2.52. The van der Waals surface area contributed by atoms with Gasteiger partial charge in [0.25, 0.3) is 0 Å². The van der Waals surface area contributed by atoms with Crippen molar-refractivity contribution in [2.45, 2.75) is 32.1 Å². The zero-order valence-electron chi connectivity index (χ0n) is 11.6. The van der Waals surface area contributed by atoms with E-state index < -0.39 is 24.0 Å². The van der Waals surface area contributed by atoms with Crippen LogP contribution in [0.2, 0.25) is 0 Å². The van der Waals surface area contributed by atoms with Gasteiger partial charge in [-0.3, -0.25) is 10.00 Å². The van der Waals surface area contributed by atoms with Crippen LogP contribution >= 0.6 is 0 Å². The number of amides is 2. The van der Waals surface area contributed by atoms with Gasteiger partial charge in [0.2, 0.25) is 5.95 Å². The minimum absolute atomic E-state index is 0.0775. The highest BCUT2D eigenvalue weighted by Crippen LogP contribution is 2.32. The Bertz CT molecular complexity index is 609. The molecule has 2 aromatic heterocycles. The standard InChI is InChI=1S/C12H14F3N5O2/c1-2-5-20-7-16-10(19-20)18-11(21)17-9(12(13,14)15)8-4-3-6-22-8/h3-4,6-7,9H,2,5H2,1H3,(H2,17,18,19,21). The van der Waals surface area contributed by atoms with E-state index >= 15 is 0 Å². The van der Waals surface area contributed by atoms with Gasteiger partial charge in [-0.1, -0.05) is 6.92 Å². The van der Waals surface area contributed by atoms with Gasteiger partial charge in [0.05, 0.1) is 6.26 Å². The summed E-state index contributed by atoms with van der Waals surface area (Å²) in [7, 11) is 0. The normalized spacial score (nSPS) is 12.9. The predicted molar refractivity (Wildman–Crippen MR) is 70.0 cm³/mol. The summed E-state index contributed by atoms with van der Waals surface area (Å²) in [5, 5.41) is 7.84. The number of hydrogen-bond acceptors (Lipinski definition) is 4. The Morgan fingerprint density at radius 3 is 2.86 bits per heavy atom. The fourth-order valence-electron chi connectivity index (χ4n) is 1.73. The number of furan rings is 1. The van der Waals surface area contributed by atoms with E-state index in [-0.39, 0.29) is 5.95 Å². The first-order valence-electron chi connectivity index (χ1n) is 6.47. The van der Waals surface area contributed by atoms with Crippen LogP contribution in [-0.2, 0) is 6.54 Å². The molecule has 120 valence electrons. The van der Waals surface area contributed by atoms with Crippen LogP contribution in [0.25, 0.3) is 0 Å². The summed E-state index contributed by atoms with van der Waals surface area (Å²) in [5.74, 6) is -0.488. The second-order valence-corrected chi connectivity index (χ2v) is 4.42. The number of carbonyl (C=O) groups excluding carboxylic acids is 1. The zero-order chi connectivity index (χ0) is 16.2. The van der Waals surface area contributed by atoms with Gasteiger partial charge in [0.15, 0.2) is 6.04 Å². The summed E-state index contributed by atoms with van der Waals surface area (Å²) in [6.45, 7) is 2.52. The summed E-state index contributed by atoms with van der Waals surface area (Å²) in [6.07, 6.45) is -1.40. The molecule has 2 amide bonds. The number of alkyl halides is 3. The molecule has 10 heteroatoms. The van der Waals surface area contributed by atoms with Crippen molar-refractivity contribution in [2.24, 2.45) is 0 Å². The Balaban J connectivity index is 2.02. The van der Waals surface area contributed by atoms with Crippen LogP contribution in [0.4, 0.5) is 23.9 Å². The van der Waals surface area contributed by atoms with Crippen molar-refractivity contribution in [3.63, 3.8) is 0 Å². The van der Waals surface area contributed by atoms with E-state index in [1.165, 1.54) is 17.1 Å². The average molecular weight is 317 g/mol. The minimum Gasteiger partial charge on any atom is -0.467 e. The zero-order valence-corrected chi connectivity index (χ0v) is 11.6. The topological polar surface area (TPSA) is 85.0 Å². The lowest BCUT2D eigenvalue weighted by molar-refractivity contribution is -0.158. The van der Waals surface area contributed by atoms with Crippen LogP contribution in [0.1, 0.15) is 25.1 Å². The van der Waals surface area contributed by atoms with Crippen LogP contribution in [0.5, 0.6) is 0 Å². The lowest BCUT2D eigenvalue weighted by Gasteiger charge is -2.19. The molecule has 0 spiro atoms. The van der Waals surface area contributed by atoms with Gasteiger partial charge >= 0.3 is 12.2 Å².